The number of aromatic hydroxyl groups is 1. The van der Waals surface area contributed by atoms with Crippen LogP contribution in [0.4, 0.5) is 26.3 Å². The molecule has 0 heterocycles. The highest BCUT2D eigenvalue weighted by atomic mass is 19.4. The van der Waals surface area contributed by atoms with Crippen molar-refractivity contribution in [3.63, 3.8) is 0 Å². The second-order valence-corrected chi connectivity index (χ2v) is 12.5. The van der Waals surface area contributed by atoms with Crippen LogP contribution < -0.4 is 0 Å². The van der Waals surface area contributed by atoms with Gasteiger partial charge in [0.05, 0.1) is 32.3 Å². The first-order valence-corrected chi connectivity index (χ1v) is 14.6. The third-order valence-corrected chi connectivity index (χ3v) is 8.11. The van der Waals surface area contributed by atoms with E-state index in [1.165, 1.54) is 24.3 Å². The molecule has 2 nitrogen and oxygen atoms in total. The molecule has 0 saturated heterocycles. The van der Waals surface area contributed by atoms with Crippen molar-refractivity contribution in [2.24, 2.45) is 0 Å². The number of alkyl halides is 6. The van der Waals surface area contributed by atoms with E-state index >= 15 is 0 Å². The maximum absolute atomic E-state index is 13.5. The lowest BCUT2D eigenvalue weighted by Gasteiger charge is -2.29. The summed E-state index contributed by atoms with van der Waals surface area (Å²) in [5, 5.41) is 15.3. The van der Waals surface area contributed by atoms with Crippen LogP contribution in [0.15, 0.2) is 109 Å². The number of fused-ring (bicyclic) bond motifs is 2. The molecule has 234 valence electrons. The van der Waals surface area contributed by atoms with Gasteiger partial charge in [-0.3, -0.25) is 0 Å². The Balaban J connectivity index is 1.72. The smallest absolute Gasteiger partial charge is 0.416 e. The maximum atomic E-state index is 13.5. The summed E-state index contributed by atoms with van der Waals surface area (Å²) in [6.45, 7) is 0.453. The molecule has 6 aromatic carbocycles. The molecule has 0 aromatic heterocycles. The Kier molecular flexibility index (Phi) is 7.60. The summed E-state index contributed by atoms with van der Waals surface area (Å²) in [4.78, 5) is 0. The molecule has 8 heteroatoms. The molecule has 6 rings (SSSR count). The minimum atomic E-state index is -4.51. The molecule has 46 heavy (non-hydrogen) atoms. The number of quaternary nitrogens is 1. The first kappa shape index (κ1) is 31.2. The molecule has 0 aliphatic heterocycles. The van der Waals surface area contributed by atoms with Gasteiger partial charge in [-0.05, 0) is 74.6 Å². The quantitative estimate of drug-likeness (QED) is 0.148. The summed E-state index contributed by atoms with van der Waals surface area (Å²) in [6, 6.07) is 28.6. The molecule has 1 N–H and O–H groups in total. The van der Waals surface area contributed by atoms with E-state index in [0.29, 0.717) is 38.8 Å². The molecule has 0 bridgehead atoms. The lowest BCUT2D eigenvalue weighted by atomic mass is 9.83. The predicted molar refractivity (Wildman–Crippen MR) is 171 cm³/mol. The highest BCUT2D eigenvalue weighted by Gasteiger charge is 2.32. The Morgan fingerprint density at radius 3 is 1.41 bits per heavy atom. The number of nitrogens with zero attached hydrogens (tertiary/aromatic N) is 1. The van der Waals surface area contributed by atoms with E-state index in [9.17, 15) is 31.4 Å². The Morgan fingerprint density at radius 1 is 0.543 bits per heavy atom. The van der Waals surface area contributed by atoms with Gasteiger partial charge >= 0.3 is 12.4 Å². The molecule has 0 aliphatic carbocycles. The summed E-state index contributed by atoms with van der Waals surface area (Å²) >= 11 is 0. The molecule has 0 amide bonds. The van der Waals surface area contributed by atoms with Gasteiger partial charge in [-0.25, -0.2) is 0 Å². The van der Waals surface area contributed by atoms with E-state index in [4.69, 9.17) is 0 Å². The number of benzene rings is 6. The van der Waals surface area contributed by atoms with E-state index in [1.807, 2.05) is 75.7 Å². The van der Waals surface area contributed by atoms with Crippen molar-refractivity contribution < 1.29 is 35.9 Å². The maximum Gasteiger partial charge on any atom is 0.416 e. The Hall–Kier alpha value is -4.82. The third-order valence-electron chi connectivity index (χ3n) is 8.11. The number of rotatable bonds is 5. The molecular weight excluding hydrogens is 600 g/mol. The lowest BCUT2D eigenvalue weighted by molar-refractivity contribution is -0.883. The molecule has 0 fully saturated rings. The monoisotopic (exact) mass is 630 g/mol. The molecule has 0 aliphatic rings. The number of hydrogen-bond donors (Lipinski definition) is 1. The van der Waals surface area contributed by atoms with E-state index in [0.717, 1.165) is 56.9 Å². The van der Waals surface area contributed by atoms with Gasteiger partial charge in [0.15, 0.2) is 0 Å². The van der Waals surface area contributed by atoms with Gasteiger partial charge in [0.1, 0.15) is 12.3 Å². The SMILES string of the molecule is C[N+](C)(C)Cc1c(-c2ccc(C(F)(F)F)cc2)cc2ccccc2c1-c1c(O)c(-c2ccc(C(F)(F)F)cc2)cc2ccccc12. The van der Waals surface area contributed by atoms with Crippen LogP contribution in [0.2, 0.25) is 0 Å². The summed E-state index contributed by atoms with van der Waals surface area (Å²) in [5.41, 5.74) is 2.57. The van der Waals surface area contributed by atoms with Gasteiger partial charge in [-0.15, -0.1) is 0 Å². The van der Waals surface area contributed by atoms with E-state index in [1.54, 1.807) is 6.07 Å². The Morgan fingerprint density at radius 2 is 0.957 bits per heavy atom. The van der Waals surface area contributed by atoms with Crippen molar-refractivity contribution in [2.45, 2.75) is 18.9 Å². The summed E-state index contributed by atoms with van der Waals surface area (Å²) < 4.78 is 81.0. The number of phenols is 1. The van der Waals surface area contributed by atoms with E-state index < -0.39 is 23.5 Å². The first-order valence-electron chi connectivity index (χ1n) is 14.6. The van der Waals surface area contributed by atoms with Crippen LogP contribution in [0.1, 0.15) is 16.7 Å². The minimum absolute atomic E-state index is 0.101. The standard InChI is InChI=1S/C38H29F6NO/c1-45(2,3)22-33-31(23-12-16-27(17-13-23)37(39,40)41)20-25-8-4-6-10-29(25)34(33)35-30-11-7-5-9-26(30)21-32(36(35)46)24-14-18-28(19-15-24)38(42,43)44/h4-21H,22H2,1-3H3/p+1. The zero-order chi connectivity index (χ0) is 33.0. The predicted octanol–water partition coefficient (Wildman–Crippen LogP) is 10.9. The zero-order valence-corrected chi connectivity index (χ0v) is 25.3. The van der Waals surface area contributed by atoms with Crippen molar-refractivity contribution in [1.29, 1.82) is 0 Å². The fourth-order valence-electron chi connectivity index (χ4n) is 6.06. The van der Waals surface area contributed by atoms with Crippen molar-refractivity contribution >= 4 is 21.5 Å². The van der Waals surface area contributed by atoms with Crippen molar-refractivity contribution in [3.8, 4) is 39.1 Å². The van der Waals surface area contributed by atoms with Gasteiger partial charge in [0.2, 0.25) is 0 Å². The molecule has 0 spiro atoms. The molecule has 0 saturated carbocycles. The third kappa shape index (κ3) is 5.93. The van der Waals surface area contributed by atoms with Gasteiger partial charge in [-0.2, -0.15) is 26.3 Å². The second kappa shape index (κ2) is 11.2. The van der Waals surface area contributed by atoms with Crippen LogP contribution in [-0.4, -0.2) is 30.7 Å². The lowest BCUT2D eigenvalue weighted by Crippen LogP contribution is -2.33. The highest BCUT2D eigenvalue weighted by molar-refractivity contribution is 6.12. The molecule has 0 atom stereocenters. The first-order chi connectivity index (χ1) is 21.6. The van der Waals surface area contributed by atoms with Crippen LogP contribution in [0.25, 0.3) is 54.9 Å². The van der Waals surface area contributed by atoms with Gasteiger partial charge in [0, 0.05) is 22.3 Å². The Labute approximate surface area is 262 Å². The van der Waals surface area contributed by atoms with Crippen molar-refractivity contribution in [1.82, 2.24) is 0 Å². The fourth-order valence-corrected chi connectivity index (χ4v) is 6.06. The number of halogens is 6. The molecular formula is C38H30F6NO+. The van der Waals surface area contributed by atoms with Gasteiger partial charge in [-0.1, -0.05) is 72.8 Å². The van der Waals surface area contributed by atoms with Crippen molar-refractivity contribution in [3.05, 3.63) is 126 Å². The summed E-state index contributed by atoms with van der Waals surface area (Å²) in [6.07, 6.45) is -8.99. The molecule has 0 unspecified atom stereocenters. The molecule has 0 radical (unpaired) electrons. The van der Waals surface area contributed by atoms with Crippen molar-refractivity contribution in [2.75, 3.05) is 21.1 Å². The normalized spacial score (nSPS) is 12.6. The van der Waals surface area contributed by atoms with Crippen LogP contribution in [0.3, 0.4) is 0 Å². The zero-order valence-electron chi connectivity index (χ0n) is 25.3. The van der Waals surface area contributed by atoms with Gasteiger partial charge < -0.3 is 9.59 Å². The van der Waals surface area contributed by atoms with Crippen LogP contribution >= 0.6 is 0 Å². The average Bonchev–Trinajstić information content (AvgIpc) is 2.99. The van der Waals surface area contributed by atoms with Crippen LogP contribution in [-0.2, 0) is 18.9 Å². The average molecular weight is 631 g/mol. The number of phenolic OH excluding ortho intramolecular Hbond substituents is 1. The second-order valence-electron chi connectivity index (χ2n) is 12.5. The van der Waals surface area contributed by atoms with Crippen LogP contribution in [0.5, 0.6) is 5.75 Å². The Bertz CT molecular complexity index is 2070. The van der Waals surface area contributed by atoms with Gasteiger partial charge in [0.25, 0.3) is 0 Å². The van der Waals surface area contributed by atoms with Crippen LogP contribution in [0, 0.1) is 0 Å². The van der Waals surface area contributed by atoms with E-state index in [-0.39, 0.29) is 5.75 Å². The fraction of sp³-hybridized carbons (Fsp3) is 0.158. The number of hydrogen-bond acceptors (Lipinski definition) is 1. The van der Waals surface area contributed by atoms with E-state index in [2.05, 4.69) is 0 Å². The molecule has 6 aromatic rings. The largest absolute Gasteiger partial charge is 0.507 e. The summed E-state index contributed by atoms with van der Waals surface area (Å²) in [7, 11) is 6.02. The topological polar surface area (TPSA) is 20.2 Å². The summed E-state index contributed by atoms with van der Waals surface area (Å²) in [5.74, 6) is -0.101. The minimum Gasteiger partial charge on any atom is -0.507 e. The highest BCUT2D eigenvalue weighted by Crippen LogP contribution is 2.49.